The summed E-state index contributed by atoms with van der Waals surface area (Å²) in [6.07, 6.45) is 3.55. The summed E-state index contributed by atoms with van der Waals surface area (Å²) in [7, 11) is 3.86. The van der Waals surface area contributed by atoms with E-state index in [-0.39, 0.29) is 18.3 Å². The number of ether oxygens (including phenoxy) is 1. The molecule has 2 heterocycles. The molecule has 6 heteroatoms. The number of carbonyl (C=O) groups excluding carboxylic acids is 1. The quantitative estimate of drug-likeness (QED) is 0.783. The van der Waals surface area contributed by atoms with E-state index < -0.39 is 0 Å². The van der Waals surface area contributed by atoms with E-state index in [1.165, 1.54) is 16.8 Å². The van der Waals surface area contributed by atoms with Crippen molar-refractivity contribution in [1.82, 2.24) is 10.2 Å². The molecule has 2 aliphatic rings. The first kappa shape index (κ1) is 20.0. The van der Waals surface area contributed by atoms with Gasteiger partial charge in [-0.1, -0.05) is 12.1 Å². The standard InChI is InChI=1S/C19H29N3O2.ClH/c1-21(18-6-3-5-15-8-10-20-13-17(15)18)16-9-11-22(14-16)19(23)7-4-12-24-2;/h3,5-6,16,20H,4,7-14H2,1-2H3;1H. The lowest BCUT2D eigenvalue weighted by molar-refractivity contribution is -0.130. The van der Waals surface area contributed by atoms with Gasteiger partial charge in [0, 0.05) is 58.5 Å². The Balaban J connectivity index is 0.00000225. The summed E-state index contributed by atoms with van der Waals surface area (Å²) in [5.74, 6) is 0.264. The van der Waals surface area contributed by atoms with Gasteiger partial charge >= 0.3 is 0 Å². The molecule has 0 saturated carbocycles. The Morgan fingerprint density at radius 3 is 3.08 bits per heavy atom. The van der Waals surface area contributed by atoms with Gasteiger partial charge in [0.1, 0.15) is 0 Å². The predicted molar refractivity (Wildman–Crippen MR) is 104 cm³/mol. The third kappa shape index (κ3) is 4.66. The number of likely N-dealkylation sites (tertiary alicyclic amines) is 1. The minimum atomic E-state index is 0. The molecule has 1 saturated heterocycles. The number of nitrogens with one attached hydrogen (secondary N) is 1. The maximum atomic E-state index is 12.3. The van der Waals surface area contributed by atoms with Crippen LogP contribution in [0.15, 0.2) is 18.2 Å². The van der Waals surface area contributed by atoms with E-state index in [9.17, 15) is 4.79 Å². The minimum absolute atomic E-state index is 0. The van der Waals surface area contributed by atoms with Crippen molar-refractivity contribution >= 4 is 24.0 Å². The molecule has 140 valence electrons. The van der Waals surface area contributed by atoms with Gasteiger partial charge in [-0.15, -0.1) is 12.4 Å². The Hall–Kier alpha value is -1.30. The molecule has 0 bridgehead atoms. The summed E-state index contributed by atoms with van der Waals surface area (Å²) in [4.78, 5) is 16.7. The third-order valence-electron chi connectivity index (χ3n) is 5.30. The van der Waals surface area contributed by atoms with Gasteiger partial charge in [0.25, 0.3) is 0 Å². The van der Waals surface area contributed by atoms with Gasteiger partial charge in [-0.05, 0) is 43.0 Å². The van der Waals surface area contributed by atoms with Crippen molar-refractivity contribution in [2.75, 3.05) is 45.3 Å². The van der Waals surface area contributed by atoms with E-state index >= 15 is 0 Å². The number of nitrogens with zero attached hydrogens (tertiary/aromatic N) is 2. The van der Waals surface area contributed by atoms with Crippen molar-refractivity contribution in [3.63, 3.8) is 0 Å². The molecule has 3 rings (SSSR count). The van der Waals surface area contributed by atoms with E-state index in [1.54, 1.807) is 7.11 Å². The van der Waals surface area contributed by atoms with Gasteiger partial charge < -0.3 is 19.9 Å². The normalized spacial score (nSPS) is 19.3. The molecule has 1 N–H and O–H groups in total. The van der Waals surface area contributed by atoms with E-state index in [0.29, 0.717) is 19.1 Å². The molecular formula is C19H30ClN3O2. The fourth-order valence-corrected chi connectivity index (χ4v) is 3.83. The Kier molecular flexibility index (Phi) is 7.54. The van der Waals surface area contributed by atoms with E-state index in [0.717, 1.165) is 45.4 Å². The number of rotatable bonds is 6. The van der Waals surface area contributed by atoms with Crippen LogP contribution in [-0.4, -0.2) is 57.2 Å². The Morgan fingerprint density at radius 1 is 1.44 bits per heavy atom. The van der Waals surface area contributed by atoms with Gasteiger partial charge in [0.2, 0.25) is 5.91 Å². The zero-order valence-electron chi connectivity index (χ0n) is 15.3. The van der Waals surface area contributed by atoms with Crippen molar-refractivity contribution in [2.45, 2.75) is 38.3 Å². The first-order valence-electron chi connectivity index (χ1n) is 9.01. The van der Waals surface area contributed by atoms with Crippen molar-refractivity contribution in [3.05, 3.63) is 29.3 Å². The summed E-state index contributed by atoms with van der Waals surface area (Å²) < 4.78 is 5.04. The van der Waals surface area contributed by atoms with Crippen LogP contribution >= 0.6 is 12.4 Å². The van der Waals surface area contributed by atoms with Gasteiger partial charge in [0.05, 0.1) is 0 Å². The molecule has 25 heavy (non-hydrogen) atoms. The molecule has 5 nitrogen and oxygen atoms in total. The van der Waals surface area contributed by atoms with Crippen LogP contribution in [0.1, 0.15) is 30.4 Å². The Morgan fingerprint density at radius 2 is 2.28 bits per heavy atom. The number of anilines is 1. The molecule has 0 radical (unpaired) electrons. The lowest BCUT2D eigenvalue weighted by atomic mass is 9.98. The molecular weight excluding hydrogens is 338 g/mol. The summed E-state index contributed by atoms with van der Waals surface area (Å²) in [5.41, 5.74) is 4.21. The van der Waals surface area contributed by atoms with Crippen LogP contribution < -0.4 is 10.2 Å². The molecule has 2 aliphatic heterocycles. The fourth-order valence-electron chi connectivity index (χ4n) is 3.83. The monoisotopic (exact) mass is 367 g/mol. The summed E-state index contributed by atoms with van der Waals surface area (Å²) in [6, 6.07) is 7.03. The SMILES string of the molecule is COCCCC(=O)N1CCC(N(C)c2cccc3c2CNCC3)C1.Cl. The van der Waals surface area contributed by atoms with Crippen LogP contribution in [0.4, 0.5) is 5.69 Å². The van der Waals surface area contributed by atoms with Crippen LogP contribution in [0.5, 0.6) is 0 Å². The van der Waals surface area contributed by atoms with Crippen molar-refractivity contribution in [2.24, 2.45) is 0 Å². The largest absolute Gasteiger partial charge is 0.385 e. The highest BCUT2D eigenvalue weighted by atomic mass is 35.5. The average Bonchev–Trinajstić information content (AvgIpc) is 3.11. The fraction of sp³-hybridized carbons (Fsp3) is 0.632. The number of fused-ring (bicyclic) bond motifs is 1. The van der Waals surface area contributed by atoms with E-state index in [2.05, 4.69) is 35.5 Å². The first-order valence-corrected chi connectivity index (χ1v) is 9.01. The second kappa shape index (κ2) is 9.41. The second-order valence-corrected chi connectivity index (χ2v) is 6.83. The van der Waals surface area contributed by atoms with Gasteiger partial charge in [-0.3, -0.25) is 4.79 Å². The summed E-state index contributed by atoms with van der Waals surface area (Å²) in [5, 5.41) is 3.48. The third-order valence-corrected chi connectivity index (χ3v) is 5.30. The predicted octanol–water partition coefficient (Wildman–Crippen LogP) is 2.22. The number of halogens is 1. The van der Waals surface area contributed by atoms with Gasteiger partial charge in [0.15, 0.2) is 0 Å². The highest BCUT2D eigenvalue weighted by Crippen LogP contribution is 2.29. The molecule has 0 aromatic heterocycles. The number of amides is 1. The molecule has 0 aliphatic carbocycles. The Bertz CT molecular complexity index is 582. The van der Waals surface area contributed by atoms with Gasteiger partial charge in [-0.25, -0.2) is 0 Å². The lowest BCUT2D eigenvalue weighted by Gasteiger charge is -2.31. The Labute approximate surface area is 157 Å². The van der Waals surface area contributed by atoms with Crippen molar-refractivity contribution in [1.29, 1.82) is 0 Å². The van der Waals surface area contributed by atoms with Crippen LogP contribution in [0, 0.1) is 0 Å². The maximum absolute atomic E-state index is 12.3. The first-order chi connectivity index (χ1) is 11.7. The van der Waals surface area contributed by atoms with Crippen LogP contribution in [0.3, 0.4) is 0 Å². The van der Waals surface area contributed by atoms with Gasteiger partial charge in [-0.2, -0.15) is 0 Å². The molecule has 1 atom stereocenters. The number of hydrogen-bond donors (Lipinski definition) is 1. The maximum Gasteiger partial charge on any atom is 0.222 e. The molecule has 1 fully saturated rings. The smallest absolute Gasteiger partial charge is 0.222 e. The van der Waals surface area contributed by atoms with E-state index in [1.807, 2.05) is 4.90 Å². The van der Waals surface area contributed by atoms with Crippen molar-refractivity contribution < 1.29 is 9.53 Å². The number of benzene rings is 1. The molecule has 0 spiro atoms. The number of carbonyl (C=O) groups is 1. The molecule has 1 aromatic carbocycles. The molecule has 1 amide bonds. The van der Waals surface area contributed by atoms with Crippen LogP contribution in [0.2, 0.25) is 0 Å². The summed E-state index contributed by atoms with van der Waals surface area (Å²) in [6.45, 7) is 4.37. The van der Waals surface area contributed by atoms with E-state index in [4.69, 9.17) is 4.74 Å². The average molecular weight is 368 g/mol. The minimum Gasteiger partial charge on any atom is -0.385 e. The van der Waals surface area contributed by atoms with Crippen molar-refractivity contribution in [3.8, 4) is 0 Å². The van der Waals surface area contributed by atoms with Crippen LogP contribution in [0.25, 0.3) is 0 Å². The number of methoxy groups -OCH3 is 1. The topological polar surface area (TPSA) is 44.8 Å². The number of hydrogen-bond acceptors (Lipinski definition) is 4. The zero-order chi connectivity index (χ0) is 16.9. The molecule has 1 aromatic rings. The molecule has 1 unspecified atom stereocenters. The van der Waals surface area contributed by atoms with Crippen LogP contribution in [-0.2, 0) is 22.5 Å². The summed E-state index contributed by atoms with van der Waals surface area (Å²) >= 11 is 0. The number of likely N-dealkylation sites (N-methyl/N-ethyl adjacent to an activating group) is 1. The zero-order valence-corrected chi connectivity index (χ0v) is 16.1. The highest BCUT2D eigenvalue weighted by molar-refractivity contribution is 5.85. The second-order valence-electron chi connectivity index (χ2n) is 6.83. The lowest BCUT2D eigenvalue weighted by Crippen LogP contribution is -2.38. The highest BCUT2D eigenvalue weighted by Gasteiger charge is 2.30.